The van der Waals surface area contributed by atoms with E-state index in [2.05, 4.69) is 4.90 Å². The normalized spacial score (nSPS) is 19.6. The van der Waals surface area contributed by atoms with Crippen molar-refractivity contribution in [2.45, 2.75) is 25.3 Å². The van der Waals surface area contributed by atoms with Crippen LogP contribution in [0.15, 0.2) is 24.3 Å². The van der Waals surface area contributed by atoms with E-state index in [9.17, 15) is 0 Å². The van der Waals surface area contributed by atoms with E-state index in [0.29, 0.717) is 11.6 Å². The standard InChI is InChI=1S/C15H22N2O2S/c1-18-12-5-7-13(8-6-12)19-11-10-17-9-3-2-4-14(17)15(16)20/h5-8,14H,2-4,9-11H2,1H3,(H2,16,20). The van der Waals surface area contributed by atoms with Crippen LogP contribution < -0.4 is 15.2 Å². The monoisotopic (exact) mass is 294 g/mol. The number of nitrogens with zero attached hydrogens (tertiary/aromatic N) is 1. The van der Waals surface area contributed by atoms with Gasteiger partial charge in [0.1, 0.15) is 18.1 Å². The molecule has 1 atom stereocenters. The molecule has 1 aliphatic rings. The Kier molecular flexibility index (Phi) is 5.61. The molecule has 1 heterocycles. The van der Waals surface area contributed by atoms with Crippen LogP contribution in [-0.2, 0) is 0 Å². The summed E-state index contributed by atoms with van der Waals surface area (Å²) >= 11 is 5.15. The first kappa shape index (κ1) is 15.1. The van der Waals surface area contributed by atoms with E-state index in [1.54, 1.807) is 7.11 Å². The molecule has 0 aromatic heterocycles. The van der Waals surface area contributed by atoms with Crippen LogP contribution in [0.25, 0.3) is 0 Å². The SMILES string of the molecule is COc1ccc(OCCN2CCCCC2C(N)=S)cc1. The lowest BCUT2D eigenvalue weighted by atomic mass is 10.0. The summed E-state index contributed by atoms with van der Waals surface area (Å²) in [5.41, 5.74) is 5.81. The summed E-state index contributed by atoms with van der Waals surface area (Å²) in [5.74, 6) is 1.69. The molecule has 1 unspecified atom stereocenters. The minimum absolute atomic E-state index is 0.234. The molecular formula is C15H22N2O2S. The molecule has 4 nitrogen and oxygen atoms in total. The van der Waals surface area contributed by atoms with Gasteiger partial charge in [0.05, 0.1) is 18.1 Å². The van der Waals surface area contributed by atoms with E-state index in [0.717, 1.165) is 31.0 Å². The van der Waals surface area contributed by atoms with E-state index in [1.165, 1.54) is 12.8 Å². The molecule has 0 aliphatic carbocycles. The molecule has 2 rings (SSSR count). The molecule has 2 N–H and O–H groups in total. The number of nitrogens with two attached hydrogens (primary N) is 1. The average Bonchev–Trinajstić information content (AvgIpc) is 2.48. The number of rotatable bonds is 6. The lowest BCUT2D eigenvalue weighted by molar-refractivity contribution is 0.158. The minimum atomic E-state index is 0.234. The number of benzene rings is 1. The van der Waals surface area contributed by atoms with Gasteiger partial charge in [0, 0.05) is 6.54 Å². The van der Waals surface area contributed by atoms with Crippen molar-refractivity contribution in [3.8, 4) is 11.5 Å². The van der Waals surface area contributed by atoms with E-state index < -0.39 is 0 Å². The Morgan fingerprint density at radius 1 is 1.30 bits per heavy atom. The zero-order valence-corrected chi connectivity index (χ0v) is 12.7. The quantitative estimate of drug-likeness (QED) is 0.815. The lowest BCUT2D eigenvalue weighted by Crippen LogP contribution is -2.48. The fraction of sp³-hybridized carbons (Fsp3) is 0.533. The van der Waals surface area contributed by atoms with E-state index in [4.69, 9.17) is 27.4 Å². The molecule has 20 heavy (non-hydrogen) atoms. The maximum Gasteiger partial charge on any atom is 0.119 e. The zero-order chi connectivity index (χ0) is 14.4. The highest BCUT2D eigenvalue weighted by atomic mass is 32.1. The largest absolute Gasteiger partial charge is 0.497 e. The van der Waals surface area contributed by atoms with Gasteiger partial charge in [-0.25, -0.2) is 0 Å². The van der Waals surface area contributed by atoms with Gasteiger partial charge >= 0.3 is 0 Å². The topological polar surface area (TPSA) is 47.7 Å². The molecular weight excluding hydrogens is 272 g/mol. The third-order valence-corrected chi connectivity index (χ3v) is 3.92. The fourth-order valence-corrected chi connectivity index (χ4v) is 2.80. The second kappa shape index (κ2) is 7.45. The Morgan fingerprint density at radius 2 is 2.00 bits per heavy atom. The van der Waals surface area contributed by atoms with Crippen molar-refractivity contribution in [3.05, 3.63) is 24.3 Å². The molecule has 5 heteroatoms. The molecule has 1 fully saturated rings. The van der Waals surface area contributed by atoms with Crippen LogP contribution in [-0.4, -0.2) is 42.7 Å². The highest BCUT2D eigenvalue weighted by Gasteiger charge is 2.24. The van der Waals surface area contributed by atoms with E-state index in [1.807, 2.05) is 24.3 Å². The summed E-state index contributed by atoms with van der Waals surface area (Å²) in [6.07, 6.45) is 3.48. The van der Waals surface area contributed by atoms with Crippen molar-refractivity contribution in [2.75, 3.05) is 26.8 Å². The number of thiocarbonyl (C=S) groups is 1. The highest BCUT2D eigenvalue weighted by Crippen LogP contribution is 2.19. The third kappa shape index (κ3) is 4.08. The number of hydrogen-bond acceptors (Lipinski definition) is 4. The second-order valence-electron chi connectivity index (χ2n) is 4.97. The average molecular weight is 294 g/mol. The fourth-order valence-electron chi connectivity index (χ4n) is 2.53. The van der Waals surface area contributed by atoms with E-state index >= 15 is 0 Å². The Bertz CT molecular complexity index is 436. The summed E-state index contributed by atoms with van der Waals surface area (Å²) in [4.78, 5) is 2.93. The predicted molar refractivity (Wildman–Crippen MR) is 84.5 cm³/mol. The summed E-state index contributed by atoms with van der Waals surface area (Å²) < 4.78 is 10.9. The van der Waals surface area contributed by atoms with Crippen molar-refractivity contribution in [1.29, 1.82) is 0 Å². The first-order valence-electron chi connectivity index (χ1n) is 7.01. The molecule has 1 aromatic carbocycles. The number of methoxy groups -OCH3 is 1. The highest BCUT2D eigenvalue weighted by molar-refractivity contribution is 7.80. The van der Waals surface area contributed by atoms with Crippen LogP contribution in [0.5, 0.6) is 11.5 Å². The molecule has 0 radical (unpaired) electrons. The van der Waals surface area contributed by atoms with Crippen molar-refractivity contribution >= 4 is 17.2 Å². The maximum absolute atomic E-state index is 5.81. The van der Waals surface area contributed by atoms with Crippen molar-refractivity contribution < 1.29 is 9.47 Å². The van der Waals surface area contributed by atoms with Crippen LogP contribution in [0, 0.1) is 0 Å². The maximum atomic E-state index is 5.81. The molecule has 0 amide bonds. The number of hydrogen-bond donors (Lipinski definition) is 1. The van der Waals surface area contributed by atoms with Crippen molar-refractivity contribution in [1.82, 2.24) is 4.90 Å². The van der Waals surface area contributed by atoms with Gasteiger partial charge in [-0.05, 0) is 43.7 Å². The summed E-state index contributed by atoms with van der Waals surface area (Å²) in [5, 5.41) is 0. The Balaban J connectivity index is 1.80. The van der Waals surface area contributed by atoms with Crippen LogP contribution in [0.4, 0.5) is 0 Å². The molecule has 0 saturated carbocycles. The number of ether oxygens (including phenoxy) is 2. The lowest BCUT2D eigenvalue weighted by Gasteiger charge is -2.34. The summed E-state index contributed by atoms with van der Waals surface area (Å²) in [6.45, 7) is 2.55. The van der Waals surface area contributed by atoms with Crippen LogP contribution in [0.3, 0.4) is 0 Å². The third-order valence-electron chi connectivity index (χ3n) is 3.65. The predicted octanol–water partition coefficient (Wildman–Crippen LogP) is 2.21. The second-order valence-corrected chi connectivity index (χ2v) is 5.45. The first-order chi connectivity index (χ1) is 9.70. The molecule has 110 valence electrons. The van der Waals surface area contributed by atoms with Crippen LogP contribution in [0.2, 0.25) is 0 Å². The number of likely N-dealkylation sites (tertiary alicyclic amines) is 1. The van der Waals surface area contributed by atoms with Gasteiger partial charge in [0.2, 0.25) is 0 Å². The van der Waals surface area contributed by atoms with Gasteiger partial charge in [-0.2, -0.15) is 0 Å². The van der Waals surface area contributed by atoms with Gasteiger partial charge in [-0.3, -0.25) is 4.90 Å². The van der Waals surface area contributed by atoms with Gasteiger partial charge in [-0.1, -0.05) is 18.6 Å². The molecule has 1 aromatic rings. The summed E-state index contributed by atoms with van der Waals surface area (Å²) in [6, 6.07) is 7.86. The van der Waals surface area contributed by atoms with Gasteiger partial charge in [0.25, 0.3) is 0 Å². The van der Waals surface area contributed by atoms with Gasteiger partial charge < -0.3 is 15.2 Å². The van der Waals surface area contributed by atoms with Gasteiger partial charge in [0.15, 0.2) is 0 Å². The van der Waals surface area contributed by atoms with Crippen molar-refractivity contribution in [3.63, 3.8) is 0 Å². The number of piperidine rings is 1. The Labute approximate surface area is 125 Å². The Morgan fingerprint density at radius 3 is 2.65 bits per heavy atom. The zero-order valence-electron chi connectivity index (χ0n) is 11.9. The van der Waals surface area contributed by atoms with E-state index in [-0.39, 0.29) is 6.04 Å². The van der Waals surface area contributed by atoms with Crippen molar-refractivity contribution in [2.24, 2.45) is 5.73 Å². The first-order valence-corrected chi connectivity index (χ1v) is 7.42. The van der Waals surface area contributed by atoms with Gasteiger partial charge in [-0.15, -0.1) is 0 Å². The van der Waals surface area contributed by atoms with Crippen LogP contribution in [0.1, 0.15) is 19.3 Å². The minimum Gasteiger partial charge on any atom is -0.497 e. The molecule has 1 aliphatic heterocycles. The smallest absolute Gasteiger partial charge is 0.119 e. The molecule has 0 bridgehead atoms. The molecule has 0 spiro atoms. The summed E-state index contributed by atoms with van der Waals surface area (Å²) in [7, 11) is 1.65. The molecule has 1 saturated heterocycles. The Hall–Kier alpha value is -1.33. The van der Waals surface area contributed by atoms with Crippen LogP contribution >= 0.6 is 12.2 Å².